The van der Waals surface area contributed by atoms with Crippen molar-refractivity contribution >= 4 is 15.9 Å². The Balaban J connectivity index is 2.13. The van der Waals surface area contributed by atoms with Crippen LogP contribution in [0.2, 0.25) is 0 Å². The van der Waals surface area contributed by atoms with Crippen molar-refractivity contribution in [1.82, 2.24) is 0 Å². The quantitative estimate of drug-likeness (QED) is 0.628. The lowest BCUT2D eigenvalue weighted by atomic mass is 10.1. The summed E-state index contributed by atoms with van der Waals surface area (Å²) in [5, 5.41) is 0. The molecule has 0 N–H and O–H groups in total. The smallest absolute Gasteiger partial charge is 0.165 e. The third kappa shape index (κ3) is 2.59. The summed E-state index contributed by atoms with van der Waals surface area (Å²) < 4.78 is 37.5. The van der Waals surface area contributed by atoms with E-state index in [2.05, 4.69) is 15.9 Å². The Morgan fingerprint density at radius 2 is 2.25 bits per heavy atom. The fraction of sp³-hybridized carbons (Fsp3) is 0.455. The summed E-state index contributed by atoms with van der Waals surface area (Å²) in [5.41, 5.74) is 0.209. The van der Waals surface area contributed by atoms with Gasteiger partial charge in [0.15, 0.2) is 11.6 Å². The first-order valence-corrected chi connectivity index (χ1v) is 5.75. The molecule has 0 radical (unpaired) electrons. The highest BCUT2D eigenvalue weighted by Crippen LogP contribution is 2.30. The Morgan fingerprint density at radius 3 is 2.88 bits per heavy atom. The number of ether oxygens (including phenoxy) is 2. The largest absolute Gasteiger partial charge is 0.371 e. The van der Waals surface area contributed by atoms with Crippen LogP contribution in [0.25, 0.3) is 0 Å². The van der Waals surface area contributed by atoms with E-state index in [1.54, 1.807) is 6.92 Å². The zero-order valence-electron chi connectivity index (χ0n) is 8.67. The summed E-state index contributed by atoms with van der Waals surface area (Å²) in [6.07, 6.45) is -0.396. The monoisotopic (exact) mass is 292 g/mol. The summed E-state index contributed by atoms with van der Waals surface area (Å²) in [5.74, 6) is -1.73. The summed E-state index contributed by atoms with van der Waals surface area (Å²) in [4.78, 5) is 0. The zero-order chi connectivity index (χ0) is 11.7. The molecular formula is C11H11BrF2O2. The van der Waals surface area contributed by atoms with Crippen LogP contribution < -0.4 is 0 Å². The first-order chi connectivity index (χ1) is 7.59. The molecule has 2 unspecified atom stereocenters. The molecule has 2 nitrogen and oxygen atoms in total. The van der Waals surface area contributed by atoms with E-state index >= 15 is 0 Å². The van der Waals surface area contributed by atoms with Crippen molar-refractivity contribution in [2.75, 3.05) is 13.2 Å². The van der Waals surface area contributed by atoms with Crippen LogP contribution in [0.5, 0.6) is 0 Å². The lowest BCUT2D eigenvalue weighted by molar-refractivity contribution is 0.0509. The normalized spacial score (nSPS) is 20.9. The van der Waals surface area contributed by atoms with Gasteiger partial charge in [0, 0.05) is 10.0 Å². The highest BCUT2D eigenvalue weighted by molar-refractivity contribution is 9.10. The van der Waals surface area contributed by atoms with Crippen LogP contribution >= 0.6 is 15.9 Å². The third-order valence-electron chi connectivity index (χ3n) is 2.42. The van der Waals surface area contributed by atoms with Crippen molar-refractivity contribution in [3.8, 4) is 0 Å². The van der Waals surface area contributed by atoms with Gasteiger partial charge < -0.3 is 9.47 Å². The molecule has 16 heavy (non-hydrogen) atoms. The Labute approximate surface area is 101 Å². The molecule has 1 aromatic carbocycles. The molecule has 1 heterocycles. The van der Waals surface area contributed by atoms with Gasteiger partial charge in [0.05, 0.1) is 19.3 Å². The minimum absolute atomic E-state index is 0.109. The fourth-order valence-electron chi connectivity index (χ4n) is 1.41. The molecule has 1 aliphatic heterocycles. The van der Waals surface area contributed by atoms with Crippen molar-refractivity contribution in [3.05, 3.63) is 33.8 Å². The van der Waals surface area contributed by atoms with E-state index in [9.17, 15) is 8.78 Å². The molecular weight excluding hydrogens is 282 g/mol. The van der Waals surface area contributed by atoms with Gasteiger partial charge in [-0.05, 0) is 19.1 Å². The molecule has 0 aromatic heterocycles. The highest BCUT2D eigenvalue weighted by Gasteiger charge is 2.25. The maximum absolute atomic E-state index is 13.5. The number of benzene rings is 1. The average Bonchev–Trinajstić information content (AvgIpc) is 3.05. The van der Waals surface area contributed by atoms with Gasteiger partial charge in [-0.1, -0.05) is 15.9 Å². The van der Waals surface area contributed by atoms with Gasteiger partial charge in [-0.25, -0.2) is 8.78 Å². The molecule has 5 heteroatoms. The van der Waals surface area contributed by atoms with Gasteiger partial charge >= 0.3 is 0 Å². The van der Waals surface area contributed by atoms with Crippen LogP contribution in [0.3, 0.4) is 0 Å². The predicted molar refractivity (Wildman–Crippen MR) is 58.2 cm³/mol. The molecule has 2 rings (SSSR count). The Kier molecular flexibility index (Phi) is 3.56. The van der Waals surface area contributed by atoms with E-state index < -0.39 is 17.7 Å². The van der Waals surface area contributed by atoms with Crippen molar-refractivity contribution in [1.29, 1.82) is 0 Å². The van der Waals surface area contributed by atoms with Crippen LogP contribution in [0.1, 0.15) is 18.6 Å². The van der Waals surface area contributed by atoms with Crippen LogP contribution in [0.15, 0.2) is 16.6 Å². The third-order valence-corrected chi connectivity index (χ3v) is 3.11. The highest BCUT2D eigenvalue weighted by atomic mass is 79.9. The van der Waals surface area contributed by atoms with Gasteiger partial charge in [0.25, 0.3) is 0 Å². The van der Waals surface area contributed by atoms with Crippen LogP contribution in [-0.4, -0.2) is 19.3 Å². The average molecular weight is 293 g/mol. The number of hydrogen-bond donors (Lipinski definition) is 0. The SMILES string of the molecule is CC(OCC1CO1)c1c(Br)ccc(F)c1F. The molecule has 0 aliphatic carbocycles. The zero-order valence-corrected chi connectivity index (χ0v) is 10.3. The molecule has 1 aromatic rings. The van der Waals surface area contributed by atoms with Crippen LogP contribution in [0, 0.1) is 11.6 Å². The second kappa shape index (κ2) is 4.77. The molecule has 0 amide bonds. The molecule has 0 spiro atoms. The molecule has 0 saturated carbocycles. The van der Waals surface area contributed by atoms with Crippen LogP contribution in [-0.2, 0) is 9.47 Å². The second-order valence-corrected chi connectivity index (χ2v) is 4.54. The van der Waals surface area contributed by atoms with Gasteiger partial charge in [-0.2, -0.15) is 0 Å². The summed E-state index contributed by atoms with van der Waals surface area (Å²) in [6.45, 7) is 2.77. The first kappa shape index (κ1) is 12.0. The number of hydrogen-bond acceptors (Lipinski definition) is 2. The molecule has 0 bridgehead atoms. The van der Waals surface area contributed by atoms with E-state index in [1.165, 1.54) is 6.07 Å². The van der Waals surface area contributed by atoms with Gasteiger partial charge in [-0.15, -0.1) is 0 Å². The second-order valence-electron chi connectivity index (χ2n) is 3.69. The van der Waals surface area contributed by atoms with Gasteiger partial charge in [0.2, 0.25) is 0 Å². The van der Waals surface area contributed by atoms with E-state index in [1.807, 2.05) is 0 Å². The molecule has 2 atom stereocenters. The summed E-state index contributed by atoms with van der Waals surface area (Å²) >= 11 is 3.19. The number of rotatable bonds is 4. The minimum atomic E-state index is -0.865. The van der Waals surface area contributed by atoms with E-state index in [0.29, 0.717) is 17.7 Å². The minimum Gasteiger partial charge on any atom is -0.371 e. The standard InChI is InChI=1S/C11H11BrF2O2/c1-6(15-4-7-5-16-7)10-8(12)2-3-9(13)11(10)14/h2-3,6-7H,4-5H2,1H3. The van der Waals surface area contributed by atoms with Gasteiger partial charge in [0.1, 0.15) is 6.10 Å². The van der Waals surface area contributed by atoms with E-state index in [-0.39, 0.29) is 11.7 Å². The fourth-order valence-corrected chi connectivity index (χ4v) is 2.04. The Morgan fingerprint density at radius 1 is 1.56 bits per heavy atom. The first-order valence-electron chi connectivity index (χ1n) is 4.96. The predicted octanol–water partition coefficient (Wildman–Crippen LogP) is 3.20. The van der Waals surface area contributed by atoms with Crippen molar-refractivity contribution < 1.29 is 18.3 Å². The van der Waals surface area contributed by atoms with Crippen molar-refractivity contribution in [2.24, 2.45) is 0 Å². The van der Waals surface area contributed by atoms with Crippen LogP contribution in [0.4, 0.5) is 8.78 Å². The molecule has 88 valence electrons. The number of halogens is 3. The van der Waals surface area contributed by atoms with Crippen molar-refractivity contribution in [2.45, 2.75) is 19.1 Å². The lowest BCUT2D eigenvalue weighted by Crippen LogP contribution is -2.09. The number of epoxide rings is 1. The topological polar surface area (TPSA) is 21.8 Å². The summed E-state index contributed by atoms with van der Waals surface area (Å²) in [6, 6.07) is 2.56. The Bertz CT molecular complexity index is 394. The molecule has 1 saturated heterocycles. The lowest BCUT2D eigenvalue weighted by Gasteiger charge is -2.15. The van der Waals surface area contributed by atoms with E-state index in [0.717, 1.165) is 6.07 Å². The van der Waals surface area contributed by atoms with Crippen molar-refractivity contribution in [3.63, 3.8) is 0 Å². The molecule has 1 fully saturated rings. The van der Waals surface area contributed by atoms with Gasteiger partial charge in [-0.3, -0.25) is 0 Å². The maximum Gasteiger partial charge on any atom is 0.165 e. The summed E-state index contributed by atoms with van der Waals surface area (Å²) in [7, 11) is 0. The Hall–Kier alpha value is -0.520. The molecule has 1 aliphatic rings. The van der Waals surface area contributed by atoms with E-state index in [4.69, 9.17) is 9.47 Å². The maximum atomic E-state index is 13.5.